The molecule has 0 radical (unpaired) electrons. The molecule has 0 bridgehead atoms. The molecule has 0 aromatic heterocycles. The molecule has 14 heteroatoms. The summed E-state index contributed by atoms with van der Waals surface area (Å²) in [5.74, 6) is -1.16. The van der Waals surface area contributed by atoms with Crippen molar-refractivity contribution in [2.75, 3.05) is 13.2 Å². The van der Waals surface area contributed by atoms with Gasteiger partial charge in [-0.2, -0.15) is 0 Å². The van der Waals surface area contributed by atoms with Crippen molar-refractivity contribution < 1.29 is 63.1 Å². The first-order valence-corrected chi connectivity index (χ1v) is 24.9. The van der Waals surface area contributed by atoms with Crippen LogP contribution in [-0.4, -0.2) is 98.3 Å². The number of rotatable bonds is 38. The van der Waals surface area contributed by atoms with Crippen LogP contribution in [0.15, 0.2) is 48.6 Å². The van der Waals surface area contributed by atoms with Crippen LogP contribution in [0.1, 0.15) is 181 Å². The molecular formula is C47H83O13P. The summed E-state index contributed by atoms with van der Waals surface area (Å²) < 4.78 is 33.5. The van der Waals surface area contributed by atoms with E-state index in [1.165, 1.54) is 89.9 Å². The molecule has 61 heavy (non-hydrogen) atoms. The fourth-order valence-electron chi connectivity index (χ4n) is 6.87. The molecule has 13 nitrogen and oxygen atoms in total. The zero-order valence-corrected chi connectivity index (χ0v) is 38.3. The van der Waals surface area contributed by atoms with E-state index in [-0.39, 0.29) is 12.8 Å². The summed E-state index contributed by atoms with van der Waals surface area (Å²) in [5, 5.41) is 50.1. The Morgan fingerprint density at radius 2 is 0.902 bits per heavy atom. The number of phosphoric acid groups is 1. The Labute approximate surface area is 367 Å². The number of esters is 2. The predicted octanol–water partition coefficient (Wildman–Crippen LogP) is 9.17. The first kappa shape index (κ1) is 56.8. The third kappa shape index (κ3) is 29.7. The van der Waals surface area contributed by atoms with Gasteiger partial charge in [-0.05, 0) is 51.4 Å². The summed E-state index contributed by atoms with van der Waals surface area (Å²) in [6.45, 7) is 3.23. The number of hydrogen-bond donors (Lipinski definition) is 6. The monoisotopic (exact) mass is 887 g/mol. The van der Waals surface area contributed by atoms with Crippen LogP contribution in [0.5, 0.6) is 0 Å². The molecule has 0 aromatic carbocycles. The molecule has 0 aliphatic heterocycles. The van der Waals surface area contributed by atoms with Crippen molar-refractivity contribution in [2.24, 2.45) is 0 Å². The highest BCUT2D eigenvalue weighted by Crippen LogP contribution is 2.47. The van der Waals surface area contributed by atoms with Gasteiger partial charge in [0.05, 0.1) is 6.61 Å². The molecule has 0 amide bonds. The van der Waals surface area contributed by atoms with E-state index >= 15 is 0 Å². The van der Waals surface area contributed by atoms with Crippen LogP contribution >= 0.6 is 7.82 Å². The summed E-state index contributed by atoms with van der Waals surface area (Å²) in [6, 6.07) is 0. The second-order valence-electron chi connectivity index (χ2n) is 16.3. The van der Waals surface area contributed by atoms with Crippen LogP contribution in [-0.2, 0) is 32.7 Å². The van der Waals surface area contributed by atoms with Crippen molar-refractivity contribution in [3.05, 3.63) is 48.6 Å². The Morgan fingerprint density at radius 1 is 0.508 bits per heavy atom. The number of allylic oxidation sites excluding steroid dienone is 8. The van der Waals surface area contributed by atoms with Crippen molar-refractivity contribution in [1.29, 1.82) is 0 Å². The van der Waals surface area contributed by atoms with Gasteiger partial charge in [-0.25, -0.2) is 4.57 Å². The maximum absolute atomic E-state index is 12.8. The van der Waals surface area contributed by atoms with Crippen molar-refractivity contribution in [3.63, 3.8) is 0 Å². The minimum absolute atomic E-state index is 0.0213. The molecule has 1 fully saturated rings. The third-order valence-corrected chi connectivity index (χ3v) is 11.7. The maximum atomic E-state index is 12.8. The van der Waals surface area contributed by atoms with Gasteiger partial charge >= 0.3 is 19.8 Å². The van der Waals surface area contributed by atoms with Crippen molar-refractivity contribution in [3.8, 4) is 0 Å². The minimum Gasteiger partial charge on any atom is -0.462 e. The lowest BCUT2D eigenvalue weighted by molar-refractivity contribution is -0.220. The van der Waals surface area contributed by atoms with E-state index in [9.17, 15) is 44.6 Å². The van der Waals surface area contributed by atoms with Crippen molar-refractivity contribution >= 4 is 19.8 Å². The van der Waals surface area contributed by atoms with Gasteiger partial charge in [0.25, 0.3) is 0 Å². The van der Waals surface area contributed by atoms with E-state index in [0.29, 0.717) is 19.3 Å². The number of carbonyl (C=O) groups excluding carboxylic acids is 2. The normalized spacial score (nSPS) is 22.4. The highest BCUT2D eigenvalue weighted by molar-refractivity contribution is 7.47. The summed E-state index contributed by atoms with van der Waals surface area (Å²) in [5.41, 5.74) is 0. The van der Waals surface area contributed by atoms with Crippen LogP contribution in [0.25, 0.3) is 0 Å². The van der Waals surface area contributed by atoms with Gasteiger partial charge in [-0.15, -0.1) is 0 Å². The van der Waals surface area contributed by atoms with Gasteiger partial charge < -0.3 is 39.9 Å². The average molecular weight is 887 g/mol. The fraction of sp³-hybridized carbons (Fsp3) is 0.787. The smallest absolute Gasteiger partial charge is 0.462 e. The SMILES string of the molecule is CCCCC/C=C\C/C=C\C/C=C\C/C=C\CCCC(=O)O[C@H](COC(=O)CCCCCCCCCCCCCCCCC)COP(=O)(O)OC1[C@@H](O)[C@H](O)C(O)[C@H](O)[C@@H]1O. The number of phosphoric ester groups is 1. The van der Waals surface area contributed by atoms with Gasteiger partial charge in [-0.3, -0.25) is 18.6 Å². The van der Waals surface area contributed by atoms with Gasteiger partial charge in [-0.1, -0.05) is 165 Å². The van der Waals surface area contributed by atoms with Gasteiger partial charge in [0, 0.05) is 12.8 Å². The standard InChI is InChI=1S/C47H83O13P/c1-3-5-7-9-11-13-15-17-19-20-22-24-26-28-30-32-34-36-41(49)59-39(38-58-61(55,56)60-47-45(53)43(51)42(50)44(52)46(47)54)37-57-40(48)35-33-31-29-27-25-23-21-18-16-14-12-10-8-6-4-2/h11,13,17,19,22,24,28,30,39,42-47,50-54H,3-10,12,14-16,18,20-21,23,25-27,29,31-38H2,1-2H3,(H,55,56)/b13-11-,19-17-,24-22-,30-28-/t39-,42?,43-,44+,45+,46+,47?/m1/s1. The zero-order valence-electron chi connectivity index (χ0n) is 37.4. The largest absolute Gasteiger partial charge is 0.472 e. The van der Waals surface area contributed by atoms with Crippen LogP contribution in [0.4, 0.5) is 0 Å². The highest BCUT2D eigenvalue weighted by atomic mass is 31.2. The lowest BCUT2D eigenvalue weighted by Crippen LogP contribution is -2.64. The molecule has 0 aromatic rings. The molecule has 3 unspecified atom stereocenters. The molecule has 6 N–H and O–H groups in total. The van der Waals surface area contributed by atoms with E-state index in [2.05, 4.69) is 50.3 Å². The van der Waals surface area contributed by atoms with E-state index in [0.717, 1.165) is 44.9 Å². The van der Waals surface area contributed by atoms with Crippen molar-refractivity contribution in [1.82, 2.24) is 0 Å². The maximum Gasteiger partial charge on any atom is 0.472 e. The molecule has 1 aliphatic carbocycles. The Bertz CT molecular complexity index is 1250. The van der Waals surface area contributed by atoms with Gasteiger partial charge in [0.1, 0.15) is 43.2 Å². The van der Waals surface area contributed by atoms with Crippen molar-refractivity contribution in [2.45, 2.75) is 224 Å². The summed E-state index contributed by atoms with van der Waals surface area (Å²) in [4.78, 5) is 35.7. The van der Waals surface area contributed by atoms with Gasteiger partial charge in [0.2, 0.25) is 0 Å². The summed E-state index contributed by atoms with van der Waals surface area (Å²) in [7, 11) is -5.13. The lowest BCUT2D eigenvalue weighted by atomic mass is 9.85. The van der Waals surface area contributed by atoms with E-state index in [1.54, 1.807) is 0 Å². The lowest BCUT2D eigenvalue weighted by Gasteiger charge is -2.41. The second-order valence-corrected chi connectivity index (χ2v) is 17.7. The number of ether oxygens (including phenoxy) is 2. The Hall–Kier alpha value is -2.19. The van der Waals surface area contributed by atoms with E-state index in [1.807, 2.05) is 12.2 Å². The quantitative estimate of drug-likeness (QED) is 0.0148. The van der Waals surface area contributed by atoms with Crippen LogP contribution in [0, 0.1) is 0 Å². The Balaban J connectivity index is 2.50. The summed E-state index contributed by atoms with van der Waals surface area (Å²) >= 11 is 0. The second kappa shape index (κ2) is 37.2. The number of carbonyl (C=O) groups is 2. The minimum atomic E-state index is -5.13. The number of aliphatic hydroxyl groups is 5. The average Bonchev–Trinajstić information content (AvgIpc) is 3.24. The topological polar surface area (TPSA) is 210 Å². The van der Waals surface area contributed by atoms with E-state index < -0.39 is 75.7 Å². The Morgan fingerprint density at radius 3 is 1.39 bits per heavy atom. The molecule has 1 aliphatic rings. The molecule has 8 atom stereocenters. The van der Waals surface area contributed by atoms with E-state index in [4.69, 9.17) is 18.5 Å². The third-order valence-electron chi connectivity index (χ3n) is 10.7. The number of aliphatic hydroxyl groups excluding tert-OH is 5. The first-order valence-electron chi connectivity index (χ1n) is 23.4. The molecule has 1 rings (SSSR count). The number of unbranched alkanes of at least 4 members (excludes halogenated alkanes) is 18. The molecule has 354 valence electrons. The first-order chi connectivity index (χ1) is 29.4. The van der Waals surface area contributed by atoms with Gasteiger partial charge in [0.15, 0.2) is 6.10 Å². The molecule has 0 heterocycles. The Kier molecular flexibility index (Phi) is 34.7. The highest BCUT2D eigenvalue weighted by Gasteiger charge is 2.51. The molecular weight excluding hydrogens is 803 g/mol. The molecule has 1 saturated carbocycles. The molecule has 0 saturated heterocycles. The van der Waals surface area contributed by atoms with Crippen LogP contribution in [0.2, 0.25) is 0 Å². The zero-order chi connectivity index (χ0) is 45.0. The summed E-state index contributed by atoms with van der Waals surface area (Å²) in [6.07, 6.45) is 30.3. The van der Waals surface area contributed by atoms with Crippen LogP contribution in [0.3, 0.4) is 0 Å². The number of hydrogen-bond acceptors (Lipinski definition) is 12. The molecule has 0 spiro atoms. The fourth-order valence-corrected chi connectivity index (χ4v) is 7.84. The predicted molar refractivity (Wildman–Crippen MR) is 239 cm³/mol. The van der Waals surface area contributed by atoms with Crippen LogP contribution < -0.4 is 0 Å².